The van der Waals surface area contributed by atoms with E-state index in [4.69, 9.17) is 20.7 Å². The van der Waals surface area contributed by atoms with Crippen LogP contribution >= 0.6 is 24.8 Å². The molecule has 12 heteroatoms. The van der Waals surface area contributed by atoms with Crippen LogP contribution in [0.15, 0.2) is 6.33 Å². The van der Waals surface area contributed by atoms with Crippen LogP contribution < -0.4 is 21.7 Å². The number of fused-ring (bicyclic) bond motifs is 1. The van der Waals surface area contributed by atoms with Crippen LogP contribution in [0.2, 0.25) is 0 Å². The van der Waals surface area contributed by atoms with Gasteiger partial charge in [0, 0.05) is 43.8 Å². The van der Waals surface area contributed by atoms with Crippen LogP contribution in [0, 0.1) is 0 Å². The largest absolute Gasteiger partial charge is 0.365 e. The molecule has 2 aromatic rings. The molecule has 10 nitrogen and oxygen atoms in total. The van der Waals surface area contributed by atoms with Gasteiger partial charge in [-0.25, -0.2) is 9.78 Å². The molecule has 0 atom stereocenters. The van der Waals surface area contributed by atoms with Crippen molar-refractivity contribution in [3.05, 3.63) is 6.33 Å². The van der Waals surface area contributed by atoms with Crippen LogP contribution in [0.3, 0.4) is 0 Å². The van der Waals surface area contributed by atoms with Gasteiger partial charge in [0.05, 0.1) is 6.33 Å². The molecule has 5 rings (SSSR count). The third-order valence-corrected chi connectivity index (χ3v) is 7.70. The number of hydrogen-bond donors (Lipinski definition) is 4. The minimum Gasteiger partial charge on any atom is -0.365 e. The molecular weight excluding hydrogens is 501 g/mol. The first kappa shape index (κ1) is 28.5. The Balaban J connectivity index is 0.00000180. The number of rotatable bonds is 6. The minimum absolute atomic E-state index is 0. The first-order valence-electron chi connectivity index (χ1n) is 13.2. The summed E-state index contributed by atoms with van der Waals surface area (Å²) >= 11 is 0. The highest BCUT2D eigenvalue weighted by molar-refractivity contribution is 5.86. The second-order valence-electron chi connectivity index (χ2n) is 10.2. The standard InChI is InChI=1S/C24H39N9O.2ClH/c1-2-26-24(34)32-13-11-18(12-14-32)28-21-20-22(33(15-27-20)19-5-3-4-6-19)31-23(30-21)29-17-9-7-16(25)8-10-17;;/h15-19H,2-14,25H2,1H3,(H,26,34)(H2,28,29,30,31);2*1H. The summed E-state index contributed by atoms with van der Waals surface area (Å²) in [6.45, 7) is 4.08. The fourth-order valence-electron chi connectivity index (χ4n) is 5.66. The van der Waals surface area contributed by atoms with Crippen LogP contribution in [-0.4, -0.2) is 68.2 Å². The number of carbonyl (C=O) groups excluding carboxylic acids is 1. The maximum atomic E-state index is 12.2. The van der Waals surface area contributed by atoms with E-state index in [-0.39, 0.29) is 36.9 Å². The van der Waals surface area contributed by atoms with E-state index in [0.717, 1.165) is 68.6 Å². The number of carbonyl (C=O) groups is 1. The number of halogens is 2. The van der Waals surface area contributed by atoms with E-state index in [9.17, 15) is 4.79 Å². The number of nitrogens with one attached hydrogen (secondary N) is 3. The summed E-state index contributed by atoms with van der Waals surface area (Å²) in [5.74, 6) is 1.48. The average molecular weight is 543 g/mol. The monoisotopic (exact) mass is 541 g/mol. The molecule has 36 heavy (non-hydrogen) atoms. The van der Waals surface area contributed by atoms with E-state index in [1.54, 1.807) is 0 Å². The predicted octanol–water partition coefficient (Wildman–Crippen LogP) is 4.07. The van der Waals surface area contributed by atoms with Crippen LogP contribution in [0.25, 0.3) is 11.2 Å². The Morgan fingerprint density at radius 1 is 0.972 bits per heavy atom. The fraction of sp³-hybridized carbons (Fsp3) is 0.750. The Morgan fingerprint density at radius 2 is 1.64 bits per heavy atom. The predicted molar refractivity (Wildman–Crippen MR) is 148 cm³/mol. The first-order valence-corrected chi connectivity index (χ1v) is 13.2. The Kier molecular flexibility index (Phi) is 10.3. The molecule has 202 valence electrons. The zero-order chi connectivity index (χ0) is 23.5. The maximum absolute atomic E-state index is 12.2. The number of anilines is 2. The summed E-state index contributed by atoms with van der Waals surface area (Å²) in [6.07, 6.45) is 12.8. The molecule has 2 saturated carbocycles. The van der Waals surface area contributed by atoms with Gasteiger partial charge >= 0.3 is 6.03 Å². The molecule has 1 aliphatic heterocycles. The van der Waals surface area contributed by atoms with E-state index in [1.807, 2.05) is 18.2 Å². The van der Waals surface area contributed by atoms with Crippen molar-refractivity contribution in [1.82, 2.24) is 29.7 Å². The molecule has 0 spiro atoms. The quantitative estimate of drug-likeness (QED) is 0.434. The lowest BCUT2D eigenvalue weighted by Gasteiger charge is -2.32. The van der Waals surface area contributed by atoms with Gasteiger partial charge < -0.3 is 31.2 Å². The minimum atomic E-state index is 0. The number of likely N-dealkylation sites (tertiary alicyclic amines) is 1. The molecule has 0 unspecified atom stereocenters. The molecular formula is C24H41Cl2N9O. The lowest BCUT2D eigenvalue weighted by atomic mass is 9.92. The lowest BCUT2D eigenvalue weighted by molar-refractivity contribution is 0.184. The second-order valence-corrected chi connectivity index (χ2v) is 10.2. The highest BCUT2D eigenvalue weighted by atomic mass is 35.5. The Labute approximate surface area is 225 Å². The molecule has 0 radical (unpaired) electrons. The van der Waals surface area contributed by atoms with Gasteiger partial charge in [-0.05, 0) is 58.3 Å². The first-order chi connectivity index (χ1) is 16.6. The van der Waals surface area contributed by atoms with Crippen molar-refractivity contribution in [3.8, 4) is 0 Å². The van der Waals surface area contributed by atoms with E-state index in [1.165, 1.54) is 25.7 Å². The third-order valence-electron chi connectivity index (χ3n) is 7.70. The number of hydrogen-bond acceptors (Lipinski definition) is 7. The second kappa shape index (κ2) is 13.0. The average Bonchev–Trinajstić information content (AvgIpc) is 3.51. The normalized spacial score (nSPS) is 23.1. The van der Waals surface area contributed by atoms with Gasteiger partial charge in [0.15, 0.2) is 17.0 Å². The molecule has 2 amide bonds. The molecule has 3 heterocycles. The highest BCUT2D eigenvalue weighted by Crippen LogP contribution is 2.33. The van der Waals surface area contributed by atoms with Crippen LogP contribution in [0.4, 0.5) is 16.6 Å². The van der Waals surface area contributed by atoms with Gasteiger partial charge in [0.25, 0.3) is 0 Å². The van der Waals surface area contributed by atoms with Crippen molar-refractivity contribution >= 4 is 53.8 Å². The molecule has 0 bridgehead atoms. The molecule has 5 N–H and O–H groups in total. The molecule has 3 aliphatic rings. The van der Waals surface area contributed by atoms with Crippen molar-refractivity contribution in [2.45, 2.75) is 95.3 Å². The highest BCUT2D eigenvalue weighted by Gasteiger charge is 2.27. The van der Waals surface area contributed by atoms with Crippen molar-refractivity contribution in [3.63, 3.8) is 0 Å². The zero-order valence-electron chi connectivity index (χ0n) is 21.1. The summed E-state index contributed by atoms with van der Waals surface area (Å²) in [4.78, 5) is 28.7. The Bertz CT molecular complexity index is 981. The number of aromatic nitrogens is 4. The SMILES string of the molecule is CCNC(=O)N1CCC(Nc2nc(NC3CCC(N)CC3)nc3c2ncn3C2CCCC2)CC1.Cl.Cl. The van der Waals surface area contributed by atoms with E-state index < -0.39 is 0 Å². The summed E-state index contributed by atoms with van der Waals surface area (Å²) in [6, 6.07) is 1.41. The molecule has 2 aliphatic carbocycles. The topological polar surface area (TPSA) is 126 Å². The number of imidazole rings is 1. The zero-order valence-corrected chi connectivity index (χ0v) is 22.8. The number of amides is 2. The van der Waals surface area contributed by atoms with Crippen molar-refractivity contribution < 1.29 is 4.79 Å². The van der Waals surface area contributed by atoms with Crippen LogP contribution in [0.5, 0.6) is 0 Å². The lowest BCUT2D eigenvalue weighted by Crippen LogP contribution is -2.46. The number of nitrogens with zero attached hydrogens (tertiary/aromatic N) is 5. The smallest absolute Gasteiger partial charge is 0.317 e. The number of nitrogens with two attached hydrogens (primary N) is 1. The summed E-state index contributed by atoms with van der Waals surface area (Å²) in [5.41, 5.74) is 7.86. The van der Waals surface area contributed by atoms with E-state index in [0.29, 0.717) is 30.6 Å². The van der Waals surface area contributed by atoms with E-state index >= 15 is 0 Å². The Morgan fingerprint density at radius 3 is 2.31 bits per heavy atom. The summed E-state index contributed by atoms with van der Waals surface area (Å²) in [5, 5.41) is 10.2. The van der Waals surface area contributed by atoms with Crippen molar-refractivity contribution in [2.24, 2.45) is 5.73 Å². The number of urea groups is 1. The molecule has 1 saturated heterocycles. The van der Waals surface area contributed by atoms with Gasteiger partial charge in [-0.1, -0.05) is 12.8 Å². The van der Waals surface area contributed by atoms with E-state index in [2.05, 4.69) is 20.5 Å². The van der Waals surface area contributed by atoms with Crippen molar-refractivity contribution in [1.29, 1.82) is 0 Å². The van der Waals surface area contributed by atoms with Crippen LogP contribution in [-0.2, 0) is 0 Å². The summed E-state index contributed by atoms with van der Waals surface area (Å²) < 4.78 is 2.26. The maximum Gasteiger partial charge on any atom is 0.317 e. The van der Waals surface area contributed by atoms with Crippen LogP contribution in [0.1, 0.15) is 77.2 Å². The van der Waals surface area contributed by atoms with Gasteiger partial charge in [-0.3, -0.25) is 0 Å². The van der Waals surface area contributed by atoms with Gasteiger partial charge in [0.1, 0.15) is 0 Å². The molecule has 2 aromatic heterocycles. The van der Waals surface area contributed by atoms with Gasteiger partial charge in [-0.2, -0.15) is 9.97 Å². The molecule has 0 aromatic carbocycles. The number of piperidine rings is 1. The summed E-state index contributed by atoms with van der Waals surface area (Å²) in [7, 11) is 0. The third kappa shape index (κ3) is 6.44. The van der Waals surface area contributed by atoms with Gasteiger partial charge in [0.2, 0.25) is 5.95 Å². The van der Waals surface area contributed by atoms with Gasteiger partial charge in [-0.15, -0.1) is 24.8 Å². The molecule has 3 fully saturated rings. The van der Waals surface area contributed by atoms with Crippen molar-refractivity contribution in [2.75, 3.05) is 30.3 Å². The Hall–Kier alpha value is -2.04. The fourth-order valence-corrected chi connectivity index (χ4v) is 5.66.